The number of hydrogen-bond acceptors (Lipinski definition) is 8. The van der Waals surface area contributed by atoms with Crippen LogP contribution >= 0.6 is 0 Å². The lowest BCUT2D eigenvalue weighted by molar-refractivity contribution is -0.353. The largest absolute Gasteiger partial charge is 0.346 e. The maximum Gasteiger partial charge on any atom is 0.285 e. The molecule has 26 heavy (non-hydrogen) atoms. The number of ether oxygens (including phenoxy) is 5. The predicted octanol–water partition coefficient (Wildman–Crippen LogP) is 0.790. The van der Waals surface area contributed by atoms with Gasteiger partial charge in [-0.1, -0.05) is 12.1 Å². The fourth-order valence-electron chi connectivity index (χ4n) is 3.65. The van der Waals surface area contributed by atoms with Gasteiger partial charge in [0.2, 0.25) is 6.29 Å². The molecule has 3 fully saturated rings. The molecule has 138 valence electrons. The van der Waals surface area contributed by atoms with Crippen molar-refractivity contribution in [2.45, 2.75) is 50.5 Å². The van der Waals surface area contributed by atoms with Gasteiger partial charge in [0.15, 0.2) is 18.9 Å². The average molecular weight is 363 g/mol. The number of benzene rings is 1. The molecular formula is C17H17NO8. The molecule has 0 aromatic heterocycles. The Hall–Kier alpha value is -1.88. The van der Waals surface area contributed by atoms with E-state index in [-0.39, 0.29) is 6.79 Å². The Balaban J connectivity index is 1.35. The predicted molar refractivity (Wildman–Crippen MR) is 81.3 cm³/mol. The third kappa shape index (κ3) is 2.33. The number of carbonyl (C=O) groups is 2. The van der Waals surface area contributed by atoms with E-state index in [1.54, 1.807) is 38.1 Å². The number of carbonyl (C=O) groups excluding carboxylic acids is 2. The van der Waals surface area contributed by atoms with E-state index in [2.05, 4.69) is 0 Å². The van der Waals surface area contributed by atoms with E-state index < -0.39 is 48.5 Å². The van der Waals surface area contributed by atoms with Crippen LogP contribution in [0.2, 0.25) is 0 Å². The Morgan fingerprint density at radius 2 is 1.69 bits per heavy atom. The van der Waals surface area contributed by atoms with Crippen molar-refractivity contribution in [1.29, 1.82) is 0 Å². The van der Waals surface area contributed by atoms with Gasteiger partial charge < -0.3 is 23.7 Å². The van der Waals surface area contributed by atoms with Crippen LogP contribution in [-0.2, 0) is 28.5 Å². The van der Waals surface area contributed by atoms with Crippen molar-refractivity contribution in [1.82, 2.24) is 5.06 Å². The molecule has 5 rings (SSSR count). The molecule has 0 spiro atoms. The van der Waals surface area contributed by atoms with Gasteiger partial charge in [-0.05, 0) is 26.0 Å². The van der Waals surface area contributed by atoms with Crippen LogP contribution in [0.1, 0.15) is 34.6 Å². The highest BCUT2D eigenvalue weighted by atomic mass is 16.9. The van der Waals surface area contributed by atoms with E-state index in [1.807, 2.05) is 0 Å². The molecule has 4 aliphatic rings. The summed E-state index contributed by atoms with van der Waals surface area (Å²) in [6.07, 6.45) is -3.26. The van der Waals surface area contributed by atoms with Gasteiger partial charge in [0.25, 0.3) is 11.8 Å². The van der Waals surface area contributed by atoms with Gasteiger partial charge in [0, 0.05) is 0 Å². The Bertz CT molecular complexity index is 745. The van der Waals surface area contributed by atoms with Crippen molar-refractivity contribution in [3.63, 3.8) is 0 Å². The number of amides is 2. The van der Waals surface area contributed by atoms with Crippen molar-refractivity contribution >= 4 is 11.8 Å². The summed E-state index contributed by atoms with van der Waals surface area (Å²) in [7, 11) is 0. The van der Waals surface area contributed by atoms with Crippen molar-refractivity contribution < 1.29 is 38.1 Å². The fraction of sp³-hybridized carbons (Fsp3) is 0.529. The standard InChI is InChI=1S/C17H17NO8/c1-17(2)24-12-10-11(23-16(12)25-17)15(22-7-21-10)26-18-13(19)8-5-3-4-6-9(8)14(18)20/h3-6,10-12,15-16H,7H2,1-2H3/t10-,11-,12+,15?,16+/m0/s1. The van der Waals surface area contributed by atoms with E-state index >= 15 is 0 Å². The minimum Gasteiger partial charge on any atom is -0.346 e. The molecule has 0 saturated carbocycles. The molecular weight excluding hydrogens is 346 g/mol. The van der Waals surface area contributed by atoms with Crippen LogP contribution in [0.5, 0.6) is 0 Å². The van der Waals surface area contributed by atoms with Gasteiger partial charge in [0.1, 0.15) is 18.3 Å². The van der Waals surface area contributed by atoms with E-state index in [1.165, 1.54) is 0 Å². The Morgan fingerprint density at radius 3 is 2.38 bits per heavy atom. The summed E-state index contributed by atoms with van der Waals surface area (Å²) in [6.45, 7) is 3.50. The third-order valence-corrected chi connectivity index (χ3v) is 4.75. The summed E-state index contributed by atoms with van der Waals surface area (Å²) >= 11 is 0. The van der Waals surface area contributed by atoms with Crippen LogP contribution in [0.3, 0.4) is 0 Å². The molecule has 0 aliphatic carbocycles. The molecule has 4 heterocycles. The first-order valence-corrected chi connectivity index (χ1v) is 8.33. The molecule has 9 heteroatoms. The van der Waals surface area contributed by atoms with Gasteiger partial charge >= 0.3 is 0 Å². The first-order valence-electron chi connectivity index (χ1n) is 8.33. The third-order valence-electron chi connectivity index (χ3n) is 4.75. The van der Waals surface area contributed by atoms with E-state index in [0.717, 1.165) is 0 Å². The van der Waals surface area contributed by atoms with Crippen molar-refractivity contribution in [2.24, 2.45) is 0 Å². The highest BCUT2D eigenvalue weighted by molar-refractivity contribution is 6.20. The maximum atomic E-state index is 12.5. The normalized spacial score (nSPS) is 37.6. The molecule has 9 nitrogen and oxygen atoms in total. The Kier molecular flexibility index (Phi) is 3.48. The average Bonchev–Trinajstić information content (AvgIpc) is 3.18. The molecule has 0 radical (unpaired) electrons. The van der Waals surface area contributed by atoms with Crippen LogP contribution in [0.25, 0.3) is 0 Å². The lowest BCUT2D eigenvalue weighted by Gasteiger charge is -2.35. The van der Waals surface area contributed by atoms with E-state index in [9.17, 15) is 9.59 Å². The lowest BCUT2D eigenvalue weighted by Crippen LogP contribution is -2.52. The topological polar surface area (TPSA) is 92.8 Å². The molecule has 1 aromatic carbocycles. The quantitative estimate of drug-likeness (QED) is 0.712. The summed E-state index contributed by atoms with van der Waals surface area (Å²) in [6, 6.07) is 6.53. The van der Waals surface area contributed by atoms with Gasteiger partial charge in [0.05, 0.1) is 11.1 Å². The molecule has 1 unspecified atom stereocenters. The second-order valence-electron chi connectivity index (χ2n) is 6.91. The number of nitrogens with zero attached hydrogens (tertiary/aromatic N) is 1. The number of rotatable bonds is 2. The van der Waals surface area contributed by atoms with Gasteiger partial charge in [-0.2, -0.15) is 0 Å². The van der Waals surface area contributed by atoms with Crippen molar-refractivity contribution in [2.75, 3.05) is 6.79 Å². The summed E-state index contributed by atoms with van der Waals surface area (Å²) in [5.74, 6) is -1.85. The van der Waals surface area contributed by atoms with Gasteiger partial charge in [-0.3, -0.25) is 9.59 Å². The molecule has 0 N–H and O–H groups in total. The Labute approximate surface area is 148 Å². The smallest absolute Gasteiger partial charge is 0.285 e. The van der Waals surface area contributed by atoms with Crippen LogP contribution in [0.4, 0.5) is 0 Å². The second-order valence-corrected chi connectivity index (χ2v) is 6.91. The maximum absolute atomic E-state index is 12.5. The minimum absolute atomic E-state index is 0.0780. The summed E-state index contributed by atoms with van der Waals surface area (Å²) in [5.41, 5.74) is 0.581. The minimum atomic E-state index is -1.00. The van der Waals surface area contributed by atoms with Crippen molar-refractivity contribution in [3.8, 4) is 0 Å². The number of hydroxylamine groups is 2. The van der Waals surface area contributed by atoms with E-state index in [0.29, 0.717) is 16.2 Å². The van der Waals surface area contributed by atoms with Crippen LogP contribution in [0.15, 0.2) is 24.3 Å². The first kappa shape index (κ1) is 16.3. The molecule has 5 atom stereocenters. The summed E-state index contributed by atoms with van der Waals surface area (Å²) in [5, 5.41) is 0.709. The monoisotopic (exact) mass is 363 g/mol. The first-order chi connectivity index (χ1) is 12.4. The molecule has 0 bridgehead atoms. The highest BCUT2D eigenvalue weighted by Crippen LogP contribution is 2.42. The molecule has 2 amide bonds. The van der Waals surface area contributed by atoms with Crippen LogP contribution < -0.4 is 0 Å². The highest BCUT2D eigenvalue weighted by Gasteiger charge is 2.60. The number of hydrogen-bond donors (Lipinski definition) is 0. The SMILES string of the molecule is CC1(C)O[C@H]2O[C@@H]3C(ON4C(=O)c5ccccc5C4=O)OCO[C@@H]3[C@H]2O1. The Morgan fingerprint density at radius 1 is 1.00 bits per heavy atom. The number of fused-ring (bicyclic) bond motifs is 4. The van der Waals surface area contributed by atoms with Crippen LogP contribution in [-0.4, -0.2) is 60.3 Å². The van der Waals surface area contributed by atoms with Gasteiger partial charge in [-0.15, -0.1) is 5.06 Å². The van der Waals surface area contributed by atoms with Gasteiger partial charge in [-0.25, -0.2) is 4.84 Å². The number of imide groups is 1. The molecule has 1 aromatic rings. The molecule has 4 aliphatic heterocycles. The zero-order valence-corrected chi connectivity index (χ0v) is 14.1. The zero-order valence-electron chi connectivity index (χ0n) is 14.1. The second kappa shape index (κ2) is 5.56. The fourth-order valence-corrected chi connectivity index (χ4v) is 3.65. The van der Waals surface area contributed by atoms with E-state index in [4.69, 9.17) is 28.5 Å². The zero-order chi connectivity index (χ0) is 18.1. The molecule has 3 saturated heterocycles. The van der Waals surface area contributed by atoms with Crippen LogP contribution in [0, 0.1) is 0 Å². The van der Waals surface area contributed by atoms with Crippen molar-refractivity contribution in [3.05, 3.63) is 35.4 Å². The summed E-state index contributed by atoms with van der Waals surface area (Å²) in [4.78, 5) is 30.5. The summed E-state index contributed by atoms with van der Waals surface area (Å²) < 4.78 is 28.4. The lowest BCUT2D eigenvalue weighted by atomic mass is 10.1.